The van der Waals surface area contributed by atoms with Crippen molar-refractivity contribution in [3.8, 4) is 21.6 Å². The summed E-state index contributed by atoms with van der Waals surface area (Å²) in [4.78, 5) is 5.58. The Kier molecular flexibility index (Phi) is 5.41. The van der Waals surface area contributed by atoms with Gasteiger partial charge in [-0.25, -0.2) is 0 Å². The molecule has 216 valence electrons. The highest BCUT2D eigenvalue weighted by Crippen LogP contribution is 2.63. The third-order valence-corrected chi connectivity index (χ3v) is 13.0. The minimum atomic E-state index is -0.127. The van der Waals surface area contributed by atoms with Crippen LogP contribution in [0.15, 0.2) is 108 Å². The van der Waals surface area contributed by atoms with Gasteiger partial charge >= 0.3 is 0 Å². The predicted octanol–water partition coefficient (Wildman–Crippen LogP) is 11.8. The molecule has 0 radical (unpaired) electrons. The lowest BCUT2D eigenvalue weighted by atomic mass is 9.55. The Bertz CT molecular complexity index is 2150. The van der Waals surface area contributed by atoms with Gasteiger partial charge in [-0.3, -0.25) is 0 Å². The summed E-state index contributed by atoms with van der Waals surface area (Å²) in [5.74, 6) is 0.677. The normalized spacial score (nSPS) is 21.3. The molecule has 2 aromatic heterocycles. The topological polar surface area (TPSA) is 0 Å². The van der Waals surface area contributed by atoms with Gasteiger partial charge in [0.2, 0.25) is 0 Å². The van der Waals surface area contributed by atoms with Crippen molar-refractivity contribution in [1.82, 2.24) is 0 Å². The minimum absolute atomic E-state index is 0.108. The Labute approximate surface area is 269 Å². The van der Waals surface area contributed by atoms with Crippen LogP contribution in [0.5, 0.6) is 0 Å². The number of allylic oxidation sites excluding steroid dienone is 5. The van der Waals surface area contributed by atoms with Crippen molar-refractivity contribution in [2.75, 3.05) is 0 Å². The number of aryl methyl sites for hydroxylation is 2. The average molecular weight is 605 g/mol. The molecule has 2 heterocycles. The zero-order chi connectivity index (χ0) is 30.1. The molecule has 0 saturated carbocycles. The van der Waals surface area contributed by atoms with E-state index in [1.165, 1.54) is 80.7 Å². The van der Waals surface area contributed by atoms with E-state index in [9.17, 15) is 0 Å². The van der Waals surface area contributed by atoms with Crippen LogP contribution in [0.1, 0.15) is 81.6 Å². The lowest BCUT2D eigenvalue weighted by molar-refractivity contribution is 0.545. The molecule has 0 aliphatic heterocycles. The second-order valence-corrected chi connectivity index (χ2v) is 16.7. The van der Waals surface area contributed by atoms with Crippen molar-refractivity contribution in [2.24, 2.45) is 5.92 Å². The van der Waals surface area contributed by atoms with Crippen molar-refractivity contribution in [3.63, 3.8) is 0 Å². The van der Waals surface area contributed by atoms with Gasteiger partial charge in [-0.2, -0.15) is 0 Å². The Morgan fingerprint density at radius 3 is 2.16 bits per heavy atom. The number of hydrogen-bond donors (Lipinski definition) is 0. The van der Waals surface area contributed by atoms with Gasteiger partial charge in [-0.15, -0.1) is 22.7 Å². The maximum Gasteiger partial charge on any atom is 0.0345 e. The quantitative estimate of drug-likeness (QED) is 0.188. The fraction of sp³-hybridized carbons (Fsp3) is 0.238. The van der Waals surface area contributed by atoms with Crippen molar-refractivity contribution < 1.29 is 0 Å². The van der Waals surface area contributed by atoms with Gasteiger partial charge in [-0.05, 0) is 111 Å². The molecule has 0 saturated heterocycles. The highest BCUT2D eigenvalue weighted by Gasteiger charge is 2.50. The van der Waals surface area contributed by atoms with Gasteiger partial charge in [-0.1, -0.05) is 94.5 Å². The second-order valence-electron chi connectivity index (χ2n) is 14.1. The van der Waals surface area contributed by atoms with Gasteiger partial charge in [0, 0.05) is 42.2 Å². The molecule has 3 aromatic carbocycles. The minimum Gasteiger partial charge on any atom is -0.145 e. The second kappa shape index (κ2) is 8.93. The van der Waals surface area contributed by atoms with Crippen LogP contribution in [0.2, 0.25) is 0 Å². The van der Waals surface area contributed by atoms with Gasteiger partial charge < -0.3 is 0 Å². The van der Waals surface area contributed by atoms with E-state index in [1.54, 1.807) is 5.57 Å². The highest BCUT2D eigenvalue weighted by molar-refractivity contribution is 7.15. The monoisotopic (exact) mass is 604 g/mol. The van der Waals surface area contributed by atoms with Crippen molar-refractivity contribution >= 4 is 28.2 Å². The smallest absolute Gasteiger partial charge is 0.0345 e. The van der Waals surface area contributed by atoms with Crippen LogP contribution >= 0.6 is 22.7 Å². The molecule has 0 N–H and O–H groups in total. The summed E-state index contributed by atoms with van der Waals surface area (Å²) in [7, 11) is 0. The lowest BCUT2D eigenvalue weighted by Gasteiger charge is -2.48. The van der Waals surface area contributed by atoms with E-state index >= 15 is 0 Å². The summed E-state index contributed by atoms with van der Waals surface area (Å²) in [5, 5.41) is 0. The summed E-state index contributed by atoms with van der Waals surface area (Å²) in [6.45, 7) is 14.3. The van der Waals surface area contributed by atoms with Crippen LogP contribution in [-0.4, -0.2) is 0 Å². The molecule has 44 heavy (non-hydrogen) atoms. The zero-order valence-corrected chi connectivity index (χ0v) is 27.8. The number of fused-ring (bicyclic) bond motifs is 8. The Morgan fingerprint density at radius 1 is 0.659 bits per heavy atom. The molecule has 2 heteroatoms. The maximum absolute atomic E-state index is 2.49. The van der Waals surface area contributed by atoms with Gasteiger partial charge in [0.05, 0.1) is 0 Å². The van der Waals surface area contributed by atoms with E-state index in [-0.39, 0.29) is 10.8 Å². The van der Waals surface area contributed by atoms with Crippen molar-refractivity contribution in [3.05, 3.63) is 156 Å². The van der Waals surface area contributed by atoms with Crippen molar-refractivity contribution in [1.29, 1.82) is 0 Å². The number of benzene rings is 3. The van der Waals surface area contributed by atoms with E-state index in [0.29, 0.717) is 11.8 Å². The van der Waals surface area contributed by atoms with Crippen LogP contribution in [0.4, 0.5) is 0 Å². The standard InChI is InChI=1S/C42H36S2/c1-23-14-20-34(43-23)25-16-17-26-29-18-19-31-37-28-11-8-7-10-27(28)36(35-21-15-24(2)44-35)30-12-9-13-32(38(30)37)41(3,4)40(31)39(29)42(5,6)33(26)22-25/h7-22,30,36H,1-6H3. The van der Waals surface area contributed by atoms with Crippen LogP contribution in [-0.2, 0) is 10.8 Å². The maximum atomic E-state index is 2.49. The van der Waals surface area contributed by atoms with Crippen LogP contribution in [0.25, 0.3) is 27.1 Å². The molecule has 0 spiro atoms. The Balaban J connectivity index is 1.31. The van der Waals surface area contributed by atoms with E-state index in [0.717, 1.165) is 0 Å². The van der Waals surface area contributed by atoms with Gasteiger partial charge in [0.15, 0.2) is 0 Å². The average Bonchev–Trinajstić information content (AvgIpc) is 3.71. The van der Waals surface area contributed by atoms with Crippen LogP contribution < -0.4 is 0 Å². The van der Waals surface area contributed by atoms with Gasteiger partial charge in [0.1, 0.15) is 0 Å². The first-order valence-corrected chi connectivity index (χ1v) is 17.5. The molecular weight excluding hydrogens is 569 g/mol. The highest BCUT2D eigenvalue weighted by atomic mass is 32.1. The molecule has 4 aliphatic rings. The van der Waals surface area contributed by atoms with E-state index < -0.39 is 0 Å². The summed E-state index contributed by atoms with van der Waals surface area (Å²) in [6.07, 6.45) is 7.27. The molecule has 9 rings (SSSR count). The largest absolute Gasteiger partial charge is 0.145 e. The first-order valence-electron chi connectivity index (χ1n) is 15.9. The summed E-state index contributed by atoms with van der Waals surface area (Å²) < 4.78 is 0. The Hall–Kier alpha value is -3.72. The predicted molar refractivity (Wildman–Crippen MR) is 189 cm³/mol. The lowest BCUT2D eigenvalue weighted by Crippen LogP contribution is -2.37. The van der Waals surface area contributed by atoms with E-state index in [4.69, 9.17) is 0 Å². The molecule has 0 fully saturated rings. The molecule has 5 aromatic rings. The van der Waals surface area contributed by atoms with Crippen LogP contribution in [0.3, 0.4) is 0 Å². The first kappa shape index (κ1) is 26.7. The SMILES string of the molecule is Cc1ccc(-c2ccc3c(c2)C(C)(C)c2c-3ccc3c2C(C)(C)C2=CC=CC4C2=C3c2ccccc2C4c2ccc(C)s2)s1. The summed E-state index contributed by atoms with van der Waals surface area (Å²) in [5.41, 5.74) is 17.2. The zero-order valence-electron chi connectivity index (χ0n) is 26.2. The molecule has 4 aliphatic carbocycles. The van der Waals surface area contributed by atoms with Crippen LogP contribution in [0, 0.1) is 19.8 Å². The van der Waals surface area contributed by atoms with Gasteiger partial charge in [0.25, 0.3) is 0 Å². The third kappa shape index (κ3) is 3.39. The van der Waals surface area contributed by atoms with Crippen molar-refractivity contribution in [2.45, 2.75) is 58.3 Å². The molecule has 0 nitrogen and oxygen atoms in total. The molecule has 2 unspecified atom stereocenters. The number of rotatable bonds is 2. The molecular formula is C42H36S2. The first-order chi connectivity index (χ1) is 21.2. The molecule has 0 bridgehead atoms. The molecule has 2 atom stereocenters. The summed E-state index contributed by atoms with van der Waals surface area (Å²) >= 11 is 3.85. The third-order valence-electron chi connectivity index (χ3n) is 10.9. The summed E-state index contributed by atoms with van der Waals surface area (Å²) in [6, 6.07) is 30.6. The van der Waals surface area contributed by atoms with E-state index in [1.807, 2.05) is 22.7 Å². The van der Waals surface area contributed by atoms with E-state index in [2.05, 4.69) is 139 Å². The number of thiophene rings is 2. The Morgan fingerprint density at radius 2 is 1.39 bits per heavy atom. The number of hydrogen-bond acceptors (Lipinski definition) is 2. The fourth-order valence-electron chi connectivity index (χ4n) is 8.98. The fourth-order valence-corrected chi connectivity index (χ4v) is 10.9. The molecule has 0 amide bonds.